The summed E-state index contributed by atoms with van der Waals surface area (Å²) in [6.45, 7) is 0.917. The average molecular weight is 401 g/mol. The van der Waals surface area contributed by atoms with Crippen molar-refractivity contribution in [1.29, 1.82) is 0 Å². The second-order valence-electron chi connectivity index (χ2n) is 6.55. The van der Waals surface area contributed by atoms with Crippen molar-refractivity contribution in [2.75, 3.05) is 24.3 Å². The van der Waals surface area contributed by atoms with Gasteiger partial charge in [0.25, 0.3) is 0 Å². The van der Waals surface area contributed by atoms with Gasteiger partial charge in [0.15, 0.2) is 5.11 Å². The average Bonchev–Trinajstić information content (AvgIpc) is 3.17. The van der Waals surface area contributed by atoms with Crippen LogP contribution in [0.3, 0.4) is 0 Å². The van der Waals surface area contributed by atoms with E-state index in [0.717, 1.165) is 23.1 Å². The number of anilines is 2. The molecule has 1 aromatic heterocycles. The molecule has 4 nitrogen and oxygen atoms in total. The fraction of sp³-hybridized carbons (Fsp3) is 0.190. The van der Waals surface area contributed by atoms with Gasteiger partial charge in [-0.3, -0.25) is 0 Å². The molecule has 0 atom stereocenters. The minimum absolute atomic E-state index is 0.124. The van der Waals surface area contributed by atoms with Crippen LogP contribution in [0.5, 0.6) is 0 Å². The zero-order valence-corrected chi connectivity index (χ0v) is 16.5. The maximum absolute atomic E-state index is 14.0. The Morgan fingerprint density at radius 1 is 1.04 bits per heavy atom. The van der Waals surface area contributed by atoms with E-state index >= 15 is 0 Å². The van der Waals surface area contributed by atoms with E-state index in [4.69, 9.17) is 16.6 Å². The van der Waals surface area contributed by atoms with Gasteiger partial charge in [-0.1, -0.05) is 12.1 Å². The van der Waals surface area contributed by atoms with Crippen LogP contribution in [-0.4, -0.2) is 24.1 Å². The van der Waals surface area contributed by atoms with Crippen LogP contribution in [0.25, 0.3) is 0 Å². The molecule has 0 saturated carbocycles. The zero-order valence-electron chi connectivity index (χ0n) is 15.7. The highest BCUT2D eigenvalue weighted by molar-refractivity contribution is 7.80. The largest absolute Gasteiger partial charge is 0.467 e. The summed E-state index contributed by atoms with van der Waals surface area (Å²) in [7, 11) is 3.96. The molecule has 0 aliphatic rings. The molecule has 0 bridgehead atoms. The lowest BCUT2D eigenvalue weighted by atomic mass is 10.2. The van der Waals surface area contributed by atoms with Crippen LogP contribution in [0.15, 0.2) is 65.3 Å². The predicted molar refractivity (Wildman–Crippen MR) is 111 cm³/mol. The first-order valence-corrected chi connectivity index (χ1v) is 9.13. The van der Waals surface area contributed by atoms with Gasteiger partial charge in [0.05, 0.1) is 18.5 Å². The van der Waals surface area contributed by atoms with Crippen LogP contribution in [0, 0.1) is 11.6 Å². The van der Waals surface area contributed by atoms with Crippen LogP contribution in [0.2, 0.25) is 0 Å². The van der Waals surface area contributed by atoms with Gasteiger partial charge < -0.3 is 19.5 Å². The number of hydrogen-bond acceptors (Lipinski definition) is 3. The molecule has 0 aliphatic heterocycles. The molecule has 0 aliphatic carbocycles. The molecule has 0 spiro atoms. The topological polar surface area (TPSA) is 31.6 Å². The van der Waals surface area contributed by atoms with E-state index in [9.17, 15) is 8.78 Å². The monoisotopic (exact) mass is 401 g/mol. The van der Waals surface area contributed by atoms with E-state index < -0.39 is 11.6 Å². The quantitative estimate of drug-likeness (QED) is 0.586. The summed E-state index contributed by atoms with van der Waals surface area (Å²) >= 11 is 5.49. The summed E-state index contributed by atoms with van der Waals surface area (Å²) in [6, 6.07) is 15.1. The maximum Gasteiger partial charge on any atom is 0.174 e. The minimum atomic E-state index is -0.698. The lowest BCUT2D eigenvalue weighted by molar-refractivity contribution is 0.360. The molecule has 0 saturated heterocycles. The molecular formula is C21H21F2N3OS. The van der Waals surface area contributed by atoms with Gasteiger partial charge in [-0.2, -0.15) is 0 Å². The SMILES string of the molecule is CN(C)c1ccc(CN(Cc2ccco2)C(=S)Nc2ccc(F)cc2F)cc1. The van der Waals surface area contributed by atoms with Crippen molar-refractivity contribution in [2.45, 2.75) is 13.1 Å². The van der Waals surface area contributed by atoms with Crippen LogP contribution in [0.4, 0.5) is 20.2 Å². The predicted octanol–water partition coefficient (Wildman–Crippen LogP) is 5.02. The van der Waals surface area contributed by atoms with E-state index in [1.807, 2.05) is 54.2 Å². The van der Waals surface area contributed by atoms with Crippen molar-refractivity contribution in [3.63, 3.8) is 0 Å². The van der Waals surface area contributed by atoms with Gasteiger partial charge in [-0.15, -0.1) is 0 Å². The van der Waals surface area contributed by atoms with E-state index in [1.165, 1.54) is 12.1 Å². The number of nitrogens with zero attached hydrogens (tertiary/aromatic N) is 2. The number of thiocarbonyl (C=S) groups is 1. The van der Waals surface area contributed by atoms with Gasteiger partial charge in [0.1, 0.15) is 17.4 Å². The van der Waals surface area contributed by atoms with E-state index in [1.54, 1.807) is 12.3 Å². The summed E-state index contributed by atoms with van der Waals surface area (Å²) in [6.07, 6.45) is 1.59. The Labute approximate surface area is 168 Å². The number of rotatable bonds is 6. The van der Waals surface area contributed by atoms with Gasteiger partial charge in [-0.25, -0.2) is 8.78 Å². The molecule has 1 N–H and O–H groups in total. The Hall–Kier alpha value is -2.93. The first-order chi connectivity index (χ1) is 13.4. The third kappa shape index (κ3) is 5.07. The Morgan fingerprint density at radius 2 is 1.79 bits per heavy atom. The van der Waals surface area contributed by atoms with Crippen molar-refractivity contribution < 1.29 is 13.2 Å². The number of benzene rings is 2. The fourth-order valence-electron chi connectivity index (χ4n) is 2.70. The van der Waals surface area contributed by atoms with Crippen molar-refractivity contribution in [2.24, 2.45) is 0 Å². The Kier molecular flexibility index (Phi) is 6.26. The first kappa shape index (κ1) is 19.8. The van der Waals surface area contributed by atoms with Crippen LogP contribution >= 0.6 is 12.2 Å². The summed E-state index contributed by atoms with van der Waals surface area (Å²) in [5.74, 6) is -0.605. The lowest BCUT2D eigenvalue weighted by Gasteiger charge is -2.25. The maximum atomic E-state index is 14.0. The first-order valence-electron chi connectivity index (χ1n) is 8.72. The Morgan fingerprint density at radius 3 is 2.39 bits per heavy atom. The molecule has 0 fully saturated rings. The van der Waals surface area contributed by atoms with E-state index in [-0.39, 0.29) is 5.69 Å². The number of furan rings is 1. The second-order valence-corrected chi connectivity index (χ2v) is 6.94. The number of nitrogens with one attached hydrogen (secondary N) is 1. The Balaban J connectivity index is 1.78. The molecule has 7 heteroatoms. The van der Waals surface area contributed by atoms with Crippen molar-refractivity contribution >= 4 is 28.7 Å². The van der Waals surface area contributed by atoms with Gasteiger partial charge in [-0.05, 0) is 54.2 Å². The van der Waals surface area contributed by atoms with Crippen molar-refractivity contribution in [3.8, 4) is 0 Å². The highest BCUT2D eigenvalue weighted by atomic mass is 32.1. The number of halogens is 2. The lowest BCUT2D eigenvalue weighted by Crippen LogP contribution is -2.34. The summed E-state index contributed by atoms with van der Waals surface area (Å²) in [4.78, 5) is 3.88. The van der Waals surface area contributed by atoms with Crippen LogP contribution in [0.1, 0.15) is 11.3 Å². The van der Waals surface area contributed by atoms with E-state index in [0.29, 0.717) is 18.2 Å². The zero-order chi connectivity index (χ0) is 20.1. The molecule has 0 unspecified atom stereocenters. The highest BCUT2D eigenvalue weighted by Crippen LogP contribution is 2.19. The molecular weight excluding hydrogens is 380 g/mol. The third-order valence-electron chi connectivity index (χ3n) is 4.21. The highest BCUT2D eigenvalue weighted by Gasteiger charge is 2.15. The smallest absolute Gasteiger partial charge is 0.174 e. The van der Waals surface area contributed by atoms with Gasteiger partial charge in [0.2, 0.25) is 0 Å². The van der Waals surface area contributed by atoms with Gasteiger partial charge in [0, 0.05) is 32.4 Å². The minimum Gasteiger partial charge on any atom is -0.467 e. The van der Waals surface area contributed by atoms with Crippen molar-refractivity contribution in [3.05, 3.63) is 83.8 Å². The standard InChI is InChI=1S/C21H21F2N3OS/c1-25(2)17-8-5-15(6-9-17)13-26(14-18-4-3-11-27-18)21(28)24-20-10-7-16(22)12-19(20)23/h3-12H,13-14H2,1-2H3,(H,24,28). The van der Waals surface area contributed by atoms with Crippen LogP contribution < -0.4 is 10.2 Å². The molecule has 0 radical (unpaired) electrons. The normalized spacial score (nSPS) is 10.6. The van der Waals surface area contributed by atoms with E-state index in [2.05, 4.69) is 5.32 Å². The molecule has 2 aromatic carbocycles. The second kappa shape index (κ2) is 8.84. The Bertz CT molecular complexity index is 927. The molecule has 3 aromatic rings. The van der Waals surface area contributed by atoms with Crippen molar-refractivity contribution in [1.82, 2.24) is 4.90 Å². The van der Waals surface area contributed by atoms with Crippen LogP contribution in [-0.2, 0) is 13.1 Å². The summed E-state index contributed by atoms with van der Waals surface area (Å²) in [5, 5.41) is 3.18. The molecule has 28 heavy (non-hydrogen) atoms. The molecule has 146 valence electrons. The number of hydrogen-bond donors (Lipinski definition) is 1. The third-order valence-corrected chi connectivity index (χ3v) is 4.57. The summed E-state index contributed by atoms with van der Waals surface area (Å²) in [5.41, 5.74) is 2.26. The molecule has 3 rings (SSSR count). The molecule has 1 heterocycles. The summed E-state index contributed by atoms with van der Waals surface area (Å²) < 4.78 is 32.6. The van der Waals surface area contributed by atoms with Gasteiger partial charge >= 0.3 is 0 Å². The molecule has 0 amide bonds. The fourth-order valence-corrected chi connectivity index (χ4v) is 2.93.